The van der Waals surface area contributed by atoms with Crippen molar-refractivity contribution in [2.24, 2.45) is 17.1 Å². The van der Waals surface area contributed by atoms with Crippen LogP contribution in [0.1, 0.15) is 59.8 Å². The first-order valence-corrected chi connectivity index (χ1v) is 8.02. The first kappa shape index (κ1) is 16.9. The van der Waals surface area contributed by atoms with Gasteiger partial charge in [0, 0.05) is 12.6 Å². The van der Waals surface area contributed by atoms with Crippen molar-refractivity contribution in [2.75, 3.05) is 19.7 Å². The van der Waals surface area contributed by atoms with Crippen molar-refractivity contribution in [3.63, 3.8) is 0 Å². The Hall–Kier alpha value is -0.120. The first-order chi connectivity index (χ1) is 8.97. The zero-order valence-corrected chi connectivity index (χ0v) is 13.4. The lowest BCUT2D eigenvalue weighted by Crippen LogP contribution is -2.45. The normalized spacial score (nSPS) is 25.1. The third-order valence-electron chi connectivity index (χ3n) is 4.40. The Morgan fingerprint density at radius 1 is 1.26 bits per heavy atom. The molecule has 0 aliphatic heterocycles. The fourth-order valence-electron chi connectivity index (χ4n) is 2.97. The highest BCUT2D eigenvalue weighted by atomic mass is 16.5. The molecule has 114 valence electrons. The average molecular weight is 270 g/mol. The van der Waals surface area contributed by atoms with Crippen molar-refractivity contribution >= 4 is 0 Å². The summed E-state index contributed by atoms with van der Waals surface area (Å²) in [5.41, 5.74) is 6.11. The lowest BCUT2D eigenvalue weighted by Gasteiger charge is -2.36. The Kier molecular flexibility index (Phi) is 7.33. The summed E-state index contributed by atoms with van der Waals surface area (Å²) in [6.07, 6.45) is 6.60. The molecular weight excluding hydrogens is 236 g/mol. The fraction of sp³-hybridized carbons (Fsp3) is 1.00. The van der Waals surface area contributed by atoms with Crippen LogP contribution in [-0.4, -0.2) is 31.8 Å². The number of rotatable bonds is 9. The first-order valence-electron chi connectivity index (χ1n) is 8.02. The predicted molar refractivity (Wildman–Crippen MR) is 82.3 cm³/mol. The van der Waals surface area contributed by atoms with Gasteiger partial charge in [-0.25, -0.2) is 0 Å². The van der Waals surface area contributed by atoms with Crippen LogP contribution >= 0.6 is 0 Å². The lowest BCUT2D eigenvalue weighted by atomic mass is 9.76. The van der Waals surface area contributed by atoms with E-state index in [1.807, 2.05) is 0 Å². The van der Waals surface area contributed by atoms with Gasteiger partial charge in [0.15, 0.2) is 0 Å². The van der Waals surface area contributed by atoms with Gasteiger partial charge >= 0.3 is 0 Å². The summed E-state index contributed by atoms with van der Waals surface area (Å²) in [7, 11) is 0. The van der Waals surface area contributed by atoms with Crippen LogP contribution in [0.5, 0.6) is 0 Å². The summed E-state index contributed by atoms with van der Waals surface area (Å²) in [6, 6.07) is 0.694. The molecule has 0 saturated heterocycles. The third kappa shape index (κ3) is 6.24. The van der Waals surface area contributed by atoms with E-state index in [2.05, 4.69) is 33.0 Å². The molecule has 3 heteroatoms. The van der Waals surface area contributed by atoms with Crippen LogP contribution in [0.2, 0.25) is 0 Å². The van der Waals surface area contributed by atoms with Crippen LogP contribution in [0, 0.1) is 11.3 Å². The molecule has 1 aliphatic rings. The number of hydrogen-bond acceptors (Lipinski definition) is 3. The van der Waals surface area contributed by atoms with Crippen LogP contribution in [0.25, 0.3) is 0 Å². The molecule has 0 heterocycles. The minimum absolute atomic E-state index is 0.385. The average Bonchev–Trinajstić information content (AvgIpc) is 2.27. The summed E-state index contributed by atoms with van der Waals surface area (Å²) < 4.78 is 5.58. The molecule has 1 atom stereocenters. The summed E-state index contributed by atoms with van der Waals surface area (Å²) in [5, 5.41) is 3.65. The Morgan fingerprint density at radius 3 is 2.47 bits per heavy atom. The van der Waals surface area contributed by atoms with E-state index < -0.39 is 0 Å². The van der Waals surface area contributed by atoms with Crippen molar-refractivity contribution in [2.45, 2.75) is 71.9 Å². The molecule has 1 rings (SSSR count). The van der Waals surface area contributed by atoms with Crippen molar-refractivity contribution in [3.05, 3.63) is 0 Å². The number of ether oxygens (including phenoxy) is 1. The van der Waals surface area contributed by atoms with E-state index >= 15 is 0 Å². The SMILES string of the molecule is CCOC1CC(NCCCC(CCN)C(C)(C)C)C1. The maximum absolute atomic E-state index is 5.72. The highest BCUT2D eigenvalue weighted by Crippen LogP contribution is 2.32. The van der Waals surface area contributed by atoms with Gasteiger partial charge in [0.2, 0.25) is 0 Å². The Bertz CT molecular complexity index is 231. The van der Waals surface area contributed by atoms with Gasteiger partial charge in [0.1, 0.15) is 0 Å². The Balaban J connectivity index is 2.07. The predicted octanol–water partition coefficient (Wildman–Crippen LogP) is 2.93. The van der Waals surface area contributed by atoms with Crippen molar-refractivity contribution in [1.82, 2.24) is 5.32 Å². The van der Waals surface area contributed by atoms with E-state index in [0.717, 1.165) is 32.0 Å². The molecule has 0 aromatic rings. The van der Waals surface area contributed by atoms with E-state index in [9.17, 15) is 0 Å². The third-order valence-corrected chi connectivity index (χ3v) is 4.40. The summed E-state index contributed by atoms with van der Waals surface area (Å²) >= 11 is 0. The van der Waals surface area contributed by atoms with Gasteiger partial charge in [0.05, 0.1) is 6.10 Å². The van der Waals surface area contributed by atoms with Gasteiger partial charge in [-0.2, -0.15) is 0 Å². The molecule has 1 unspecified atom stereocenters. The molecule has 19 heavy (non-hydrogen) atoms. The van der Waals surface area contributed by atoms with Gasteiger partial charge in [-0.15, -0.1) is 0 Å². The van der Waals surface area contributed by atoms with Crippen LogP contribution in [0.4, 0.5) is 0 Å². The highest BCUT2D eigenvalue weighted by Gasteiger charge is 2.29. The maximum atomic E-state index is 5.72. The molecule has 1 aliphatic carbocycles. The smallest absolute Gasteiger partial charge is 0.0604 e. The summed E-state index contributed by atoms with van der Waals surface area (Å²) in [6.45, 7) is 11.9. The van der Waals surface area contributed by atoms with Gasteiger partial charge in [-0.3, -0.25) is 0 Å². The van der Waals surface area contributed by atoms with E-state index in [4.69, 9.17) is 10.5 Å². The second-order valence-electron chi connectivity index (χ2n) is 6.98. The largest absolute Gasteiger partial charge is 0.378 e. The van der Waals surface area contributed by atoms with Crippen LogP contribution in [0.3, 0.4) is 0 Å². The van der Waals surface area contributed by atoms with E-state index in [1.165, 1.54) is 25.7 Å². The number of nitrogens with one attached hydrogen (secondary N) is 1. The molecular formula is C16H34N2O. The minimum Gasteiger partial charge on any atom is -0.378 e. The molecule has 0 spiro atoms. The topological polar surface area (TPSA) is 47.3 Å². The van der Waals surface area contributed by atoms with Gasteiger partial charge < -0.3 is 15.8 Å². The second-order valence-corrected chi connectivity index (χ2v) is 6.98. The molecule has 0 aromatic heterocycles. The summed E-state index contributed by atoms with van der Waals surface area (Å²) in [4.78, 5) is 0. The van der Waals surface area contributed by atoms with Gasteiger partial charge in [-0.05, 0) is 63.5 Å². The van der Waals surface area contributed by atoms with Crippen molar-refractivity contribution in [3.8, 4) is 0 Å². The van der Waals surface area contributed by atoms with Crippen LogP contribution < -0.4 is 11.1 Å². The second kappa shape index (κ2) is 8.23. The quantitative estimate of drug-likeness (QED) is 0.633. The molecule has 1 saturated carbocycles. The zero-order chi connectivity index (χ0) is 14.3. The molecule has 3 N–H and O–H groups in total. The highest BCUT2D eigenvalue weighted by molar-refractivity contribution is 4.86. The Morgan fingerprint density at radius 2 is 1.95 bits per heavy atom. The van der Waals surface area contributed by atoms with Gasteiger partial charge in [0.25, 0.3) is 0 Å². The lowest BCUT2D eigenvalue weighted by molar-refractivity contribution is -0.00987. The molecule has 0 bridgehead atoms. The fourth-order valence-corrected chi connectivity index (χ4v) is 2.97. The number of hydrogen-bond donors (Lipinski definition) is 2. The molecule has 0 aromatic carbocycles. The summed E-state index contributed by atoms with van der Waals surface area (Å²) in [5.74, 6) is 0.747. The monoisotopic (exact) mass is 270 g/mol. The Labute approximate surface area is 119 Å². The molecule has 0 amide bonds. The van der Waals surface area contributed by atoms with Crippen LogP contribution in [0.15, 0.2) is 0 Å². The molecule has 3 nitrogen and oxygen atoms in total. The van der Waals surface area contributed by atoms with E-state index in [-0.39, 0.29) is 0 Å². The van der Waals surface area contributed by atoms with Crippen molar-refractivity contribution < 1.29 is 4.74 Å². The number of nitrogens with two attached hydrogens (primary N) is 1. The van der Waals surface area contributed by atoms with Crippen LogP contribution in [-0.2, 0) is 4.74 Å². The van der Waals surface area contributed by atoms with E-state index in [1.54, 1.807) is 0 Å². The van der Waals surface area contributed by atoms with Crippen molar-refractivity contribution in [1.29, 1.82) is 0 Å². The minimum atomic E-state index is 0.385. The standard InChI is InChI=1S/C16H34N2O/c1-5-19-15-11-14(12-15)18-10-6-7-13(8-9-17)16(2,3)4/h13-15,18H,5-12,17H2,1-4H3. The molecule has 0 radical (unpaired) electrons. The zero-order valence-electron chi connectivity index (χ0n) is 13.4. The molecule has 1 fully saturated rings. The van der Waals surface area contributed by atoms with Gasteiger partial charge in [-0.1, -0.05) is 20.8 Å². The van der Waals surface area contributed by atoms with E-state index in [0.29, 0.717) is 17.6 Å². The maximum Gasteiger partial charge on any atom is 0.0604 e.